The van der Waals surface area contributed by atoms with E-state index in [9.17, 15) is 0 Å². The van der Waals surface area contributed by atoms with Crippen LogP contribution in [0.2, 0.25) is 0 Å². The molecule has 0 saturated heterocycles. The molecule has 0 aromatic heterocycles. The Labute approximate surface area is 149 Å². The summed E-state index contributed by atoms with van der Waals surface area (Å²) in [7, 11) is 0. The molecule has 0 spiro atoms. The lowest BCUT2D eigenvalue weighted by molar-refractivity contribution is 0.216. The molecule has 0 heterocycles. The van der Waals surface area contributed by atoms with E-state index in [0.29, 0.717) is 19.8 Å². The van der Waals surface area contributed by atoms with Gasteiger partial charge in [0.25, 0.3) is 0 Å². The van der Waals surface area contributed by atoms with Crippen LogP contribution in [-0.4, -0.2) is 19.8 Å². The van der Waals surface area contributed by atoms with Gasteiger partial charge >= 0.3 is 0 Å². The van der Waals surface area contributed by atoms with Crippen LogP contribution in [0, 0.1) is 13.8 Å². The van der Waals surface area contributed by atoms with E-state index in [1.807, 2.05) is 18.2 Å². The maximum Gasteiger partial charge on any atom is 0.123 e. The van der Waals surface area contributed by atoms with Crippen LogP contribution in [0.3, 0.4) is 0 Å². The van der Waals surface area contributed by atoms with Crippen LogP contribution >= 0.6 is 0 Å². The third kappa shape index (κ3) is 4.12. The molecule has 0 saturated carbocycles. The molecule has 3 aromatic carbocycles. The summed E-state index contributed by atoms with van der Waals surface area (Å²) >= 11 is 0. The maximum atomic E-state index is 5.99. The molecular weight excluding hydrogens is 310 g/mol. The van der Waals surface area contributed by atoms with Gasteiger partial charge in [0.1, 0.15) is 24.7 Å². The summed E-state index contributed by atoms with van der Waals surface area (Å²) in [6.07, 6.45) is 0.800. The van der Waals surface area contributed by atoms with E-state index < -0.39 is 0 Å². The quantitative estimate of drug-likeness (QED) is 0.650. The molecule has 0 aliphatic carbocycles. The predicted octanol–water partition coefficient (Wildman–Crippen LogP) is 4.42. The SMILES string of the molecule is Cc1ccc(OCCOc2ccc3ccccc3c2CCN)cc1C. The second-order valence-corrected chi connectivity index (χ2v) is 6.25. The highest BCUT2D eigenvalue weighted by atomic mass is 16.5. The number of hydrogen-bond acceptors (Lipinski definition) is 3. The van der Waals surface area contributed by atoms with Crippen molar-refractivity contribution >= 4 is 10.8 Å². The van der Waals surface area contributed by atoms with Crippen molar-refractivity contribution in [3.05, 3.63) is 71.3 Å². The van der Waals surface area contributed by atoms with Crippen LogP contribution in [-0.2, 0) is 6.42 Å². The molecule has 3 aromatic rings. The lowest BCUT2D eigenvalue weighted by Gasteiger charge is -2.14. The zero-order valence-corrected chi connectivity index (χ0v) is 14.9. The summed E-state index contributed by atoms with van der Waals surface area (Å²) in [6, 6.07) is 18.6. The van der Waals surface area contributed by atoms with Gasteiger partial charge in [0.05, 0.1) is 0 Å². The standard InChI is InChI=1S/C22H25NO2/c1-16-7-9-19(15-17(16)2)24-13-14-25-22-10-8-18-5-3-4-6-20(18)21(22)11-12-23/h3-10,15H,11-14,23H2,1-2H3. The lowest BCUT2D eigenvalue weighted by Crippen LogP contribution is -2.11. The van der Waals surface area contributed by atoms with Gasteiger partial charge in [-0.25, -0.2) is 0 Å². The Kier molecular flexibility index (Phi) is 5.56. The van der Waals surface area contributed by atoms with Crippen molar-refractivity contribution in [2.75, 3.05) is 19.8 Å². The van der Waals surface area contributed by atoms with Gasteiger partial charge in [-0.15, -0.1) is 0 Å². The normalized spacial score (nSPS) is 10.8. The maximum absolute atomic E-state index is 5.99. The van der Waals surface area contributed by atoms with Crippen molar-refractivity contribution in [2.24, 2.45) is 5.73 Å². The van der Waals surface area contributed by atoms with Crippen molar-refractivity contribution in [2.45, 2.75) is 20.3 Å². The first-order chi connectivity index (χ1) is 12.2. The molecule has 0 aliphatic heterocycles. The smallest absolute Gasteiger partial charge is 0.123 e. The van der Waals surface area contributed by atoms with Crippen LogP contribution in [0.25, 0.3) is 10.8 Å². The van der Waals surface area contributed by atoms with E-state index in [2.05, 4.69) is 50.2 Å². The van der Waals surface area contributed by atoms with Gasteiger partial charge in [-0.2, -0.15) is 0 Å². The second kappa shape index (κ2) is 8.04. The average Bonchev–Trinajstić information content (AvgIpc) is 2.63. The Morgan fingerprint density at radius 3 is 2.44 bits per heavy atom. The molecule has 0 fully saturated rings. The van der Waals surface area contributed by atoms with Gasteiger partial charge in [0.2, 0.25) is 0 Å². The molecule has 0 atom stereocenters. The van der Waals surface area contributed by atoms with Crippen LogP contribution < -0.4 is 15.2 Å². The average molecular weight is 335 g/mol. The molecule has 3 nitrogen and oxygen atoms in total. The molecule has 3 rings (SSSR count). The molecule has 0 bridgehead atoms. The van der Waals surface area contributed by atoms with E-state index in [-0.39, 0.29) is 0 Å². The first kappa shape index (κ1) is 17.3. The van der Waals surface area contributed by atoms with Crippen molar-refractivity contribution in [3.63, 3.8) is 0 Å². The predicted molar refractivity (Wildman–Crippen MR) is 104 cm³/mol. The molecule has 0 radical (unpaired) electrons. The van der Waals surface area contributed by atoms with E-state index in [1.54, 1.807) is 0 Å². The topological polar surface area (TPSA) is 44.5 Å². The fourth-order valence-corrected chi connectivity index (χ4v) is 2.97. The fraction of sp³-hybridized carbons (Fsp3) is 0.273. The zero-order chi connectivity index (χ0) is 17.6. The minimum atomic E-state index is 0.503. The largest absolute Gasteiger partial charge is 0.490 e. The number of rotatable bonds is 7. The van der Waals surface area contributed by atoms with Crippen LogP contribution in [0.4, 0.5) is 0 Å². The van der Waals surface area contributed by atoms with Crippen molar-refractivity contribution in [1.82, 2.24) is 0 Å². The molecule has 3 heteroatoms. The Balaban J connectivity index is 1.66. The van der Waals surface area contributed by atoms with Gasteiger partial charge in [-0.3, -0.25) is 0 Å². The first-order valence-electron chi connectivity index (χ1n) is 8.72. The van der Waals surface area contributed by atoms with Gasteiger partial charge in [0, 0.05) is 5.56 Å². The monoisotopic (exact) mass is 335 g/mol. The van der Waals surface area contributed by atoms with Gasteiger partial charge < -0.3 is 15.2 Å². The number of benzene rings is 3. The molecular formula is C22H25NO2. The van der Waals surface area contributed by atoms with Gasteiger partial charge in [0.15, 0.2) is 0 Å². The Morgan fingerprint density at radius 1 is 0.840 bits per heavy atom. The van der Waals surface area contributed by atoms with E-state index >= 15 is 0 Å². The number of ether oxygens (including phenoxy) is 2. The Morgan fingerprint density at radius 2 is 1.64 bits per heavy atom. The number of hydrogen-bond donors (Lipinski definition) is 1. The summed E-state index contributed by atoms with van der Waals surface area (Å²) in [5.74, 6) is 1.78. The summed E-state index contributed by atoms with van der Waals surface area (Å²) in [6.45, 7) is 5.80. The summed E-state index contributed by atoms with van der Waals surface area (Å²) in [5.41, 5.74) is 9.47. The fourth-order valence-electron chi connectivity index (χ4n) is 2.97. The van der Waals surface area contributed by atoms with Crippen molar-refractivity contribution in [3.8, 4) is 11.5 Å². The summed E-state index contributed by atoms with van der Waals surface area (Å²) in [4.78, 5) is 0. The minimum Gasteiger partial charge on any atom is -0.490 e. The zero-order valence-electron chi connectivity index (χ0n) is 14.9. The van der Waals surface area contributed by atoms with Crippen LogP contribution in [0.5, 0.6) is 11.5 Å². The minimum absolute atomic E-state index is 0.503. The number of aryl methyl sites for hydroxylation is 2. The summed E-state index contributed by atoms with van der Waals surface area (Å²) in [5, 5.41) is 2.42. The number of fused-ring (bicyclic) bond motifs is 1. The van der Waals surface area contributed by atoms with E-state index in [1.165, 1.54) is 27.5 Å². The highest BCUT2D eigenvalue weighted by Gasteiger charge is 2.08. The highest BCUT2D eigenvalue weighted by Crippen LogP contribution is 2.28. The highest BCUT2D eigenvalue weighted by molar-refractivity contribution is 5.87. The second-order valence-electron chi connectivity index (χ2n) is 6.25. The van der Waals surface area contributed by atoms with Gasteiger partial charge in [-0.05, 0) is 66.9 Å². The molecule has 25 heavy (non-hydrogen) atoms. The Hall–Kier alpha value is -2.52. The van der Waals surface area contributed by atoms with Crippen LogP contribution in [0.15, 0.2) is 54.6 Å². The van der Waals surface area contributed by atoms with Crippen LogP contribution in [0.1, 0.15) is 16.7 Å². The molecule has 2 N–H and O–H groups in total. The third-order valence-corrected chi connectivity index (χ3v) is 4.48. The van der Waals surface area contributed by atoms with Crippen molar-refractivity contribution < 1.29 is 9.47 Å². The first-order valence-corrected chi connectivity index (χ1v) is 8.72. The Bertz CT molecular complexity index is 858. The molecule has 0 amide bonds. The van der Waals surface area contributed by atoms with E-state index in [4.69, 9.17) is 15.2 Å². The third-order valence-electron chi connectivity index (χ3n) is 4.48. The van der Waals surface area contributed by atoms with Crippen molar-refractivity contribution in [1.29, 1.82) is 0 Å². The molecule has 0 aliphatic rings. The number of nitrogens with two attached hydrogens (primary N) is 1. The van der Waals surface area contributed by atoms with E-state index in [0.717, 1.165) is 17.9 Å². The molecule has 130 valence electrons. The van der Waals surface area contributed by atoms with Gasteiger partial charge in [-0.1, -0.05) is 36.4 Å². The summed E-state index contributed by atoms with van der Waals surface area (Å²) < 4.78 is 11.8. The molecule has 0 unspecified atom stereocenters. The lowest BCUT2D eigenvalue weighted by atomic mass is 10.0.